The molecule has 1 aliphatic rings. The van der Waals surface area contributed by atoms with Crippen molar-refractivity contribution < 1.29 is 4.79 Å². The first-order chi connectivity index (χ1) is 8.04. The minimum atomic E-state index is 0.0722. The Morgan fingerprint density at radius 1 is 1.65 bits per heavy atom. The van der Waals surface area contributed by atoms with E-state index in [0.29, 0.717) is 23.3 Å². The molecule has 1 aromatic heterocycles. The van der Waals surface area contributed by atoms with Crippen molar-refractivity contribution in [1.29, 1.82) is 0 Å². The molecule has 0 saturated heterocycles. The molecule has 17 heavy (non-hydrogen) atoms. The molecule has 0 spiro atoms. The first-order valence-corrected chi connectivity index (χ1v) is 6.27. The van der Waals surface area contributed by atoms with Crippen LogP contribution in [-0.2, 0) is 6.54 Å². The van der Waals surface area contributed by atoms with Gasteiger partial charge in [-0.05, 0) is 38.7 Å². The second kappa shape index (κ2) is 4.43. The van der Waals surface area contributed by atoms with E-state index in [1.807, 2.05) is 29.6 Å². The highest BCUT2D eigenvalue weighted by Crippen LogP contribution is 2.35. The summed E-state index contributed by atoms with van der Waals surface area (Å²) in [6, 6.07) is 2.09. The summed E-state index contributed by atoms with van der Waals surface area (Å²) in [5.41, 5.74) is 7.10. The minimum Gasteiger partial charge on any atom is -0.397 e. The van der Waals surface area contributed by atoms with Gasteiger partial charge in [0.05, 0.1) is 5.69 Å². The van der Waals surface area contributed by atoms with E-state index in [2.05, 4.69) is 6.92 Å². The molecule has 4 heteroatoms. The van der Waals surface area contributed by atoms with E-state index in [1.54, 1.807) is 6.07 Å². The summed E-state index contributed by atoms with van der Waals surface area (Å²) in [5, 5.41) is 0. The Balaban J connectivity index is 2.17. The molecule has 4 nitrogen and oxygen atoms in total. The smallest absolute Gasteiger partial charge is 0.270 e. The first-order valence-electron chi connectivity index (χ1n) is 6.27. The number of amides is 1. The van der Waals surface area contributed by atoms with Crippen LogP contribution in [0.15, 0.2) is 12.3 Å². The molecule has 0 bridgehead atoms. The maximum atomic E-state index is 12.4. The van der Waals surface area contributed by atoms with Gasteiger partial charge in [-0.25, -0.2) is 0 Å². The van der Waals surface area contributed by atoms with Gasteiger partial charge >= 0.3 is 0 Å². The summed E-state index contributed by atoms with van der Waals surface area (Å²) in [4.78, 5) is 14.2. The van der Waals surface area contributed by atoms with Crippen molar-refractivity contribution in [2.75, 3.05) is 12.8 Å². The third-order valence-electron chi connectivity index (χ3n) is 3.71. The van der Waals surface area contributed by atoms with Crippen molar-refractivity contribution in [2.24, 2.45) is 5.92 Å². The number of aryl methyl sites for hydroxylation is 1. The maximum absolute atomic E-state index is 12.4. The van der Waals surface area contributed by atoms with Crippen molar-refractivity contribution in [2.45, 2.75) is 39.3 Å². The maximum Gasteiger partial charge on any atom is 0.270 e. The molecule has 1 aromatic rings. The number of nitrogens with zero attached hydrogens (tertiary/aromatic N) is 2. The Hall–Kier alpha value is -1.45. The number of nitrogen functional groups attached to an aromatic ring is 1. The molecular formula is C13H21N3O. The van der Waals surface area contributed by atoms with E-state index in [-0.39, 0.29) is 5.91 Å². The van der Waals surface area contributed by atoms with Gasteiger partial charge in [0.25, 0.3) is 5.91 Å². The predicted molar refractivity (Wildman–Crippen MR) is 68.8 cm³/mol. The van der Waals surface area contributed by atoms with E-state index in [9.17, 15) is 4.79 Å². The SMILES string of the molecule is CCn1cc(N)cc1C(=O)N(C)C(C)C1CC1. The summed E-state index contributed by atoms with van der Waals surface area (Å²) in [6.07, 6.45) is 4.31. The topological polar surface area (TPSA) is 51.3 Å². The van der Waals surface area contributed by atoms with Crippen LogP contribution in [0.5, 0.6) is 0 Å². The molecule has 1 fully saturated rings. The van der Waals surface area contributed by atoms with E-state index in [0.717, 1.165) is 6.54 Å². The molecule has 2 rings (SSSR count). The van der Waals surface area contributed by atoms with Crippen molar-refractivity contribution in [3.8, 4) is 0 Å². The Labute approximate surface area is 102 Å². The van der Waals surface area contributed by atoms with Crippen molar-refractivity contribution in [3.63, 3.8) is 0 Å². The summed E-state index contributed by atoms with van der Waals surface area (Å²) >= 11 is 0. The normalized spacial score (nSPS) is 16.9. The molecule has 1 unspecified atom stereocenters. The van der Waals surface area contributed by atoms with E-state index in [1.165, 1.54) is 12.8 Å². The van der Waals surface area contributed by atoms with Gasteiger partial charge in [-0.15, -0.1) is 0 Å². The van der Waals surface area contributed by atoms with Crippen molar-refractivity contribution in [3.05, 3.63) is 18.0 Å². The van der Waals surface area contributed by atoms with Crippen molar-refractivity contribution >= 4 is 11.6 Å². The lowest BCUT2D eigenvalue weighted by atomic mass is 10.2. The lowest BCUT2D eigenvalue weighted by Gasteiger charge is -2.25. The number of hydrogen-bond acceptors (Lipinski definition) is 2. The van der Waals surface area contributed by atoms with Crippen LogP contribution in [0, 0.1) is 5.92 Å². The Kier molecular flexibility index (Phi) is 3.13. The van der Waals surface area contributed by atoms with Crippen LogP contribution in [0.25, 0.3) is 0 Å². The largest absolute Gasteiger partial charge is 0.397 e. The van der Waals surface area contributed by atoms with Crippen LogP contribution in [0.2, 0.25) is 0 Å². The Morgan fingerprint density at radius 3 is 2.82 bits per heavy atom. The highest BCUT2D eigenvalue weighted by atomic mass is 16.2. The number of nitrogens with two attached hydrogens (primary N) is 1. The molecule has 1 atom stereocenters. The average molecular weight is 235 g/mol. The third-order valence-corrected chi connectivity index (χ3v) is 3.71. The lowest BCUT2D eigenvalue weighted by Crippen LogP contribution is -2.37. The number of carbonyl (C=O) groups excluding carboxylic acids is 1. The van der Waals surface area contributed by atoms with Crippen LogP contribution >= 0.6 is 0 Å². The zero-order valence-corrected chi connectivity index (χ0v) is 10.8. The average Bonchev–Trinajstić information content (AvgIpc) is 3.09. The van der Waals surface area contributed by atoms with Gasteiger partial charge < -0.3 is 15.2 Å². The van der Waals surface area contributed by atoms with Gasteiger partial charge in [-0.2, -0.15) is 0 Å². The summed E-state index contributed by atoms with van der Waals surface area (Å²) in [7, 11) is 1.88. The summed E-state index contributed by atoms with van der Waals surface area (Å²) < 4.78 is 1.91. The Bertz CT molecular complexity index is 420. The number of hydrogen-bond donors (Lipinski definition) is 1. The van der Waals surface area contributed by atoms with Crippen LogP contribution in [0.4, 0.5) is 5.69 Å². The highest BCUT2D eigenvalue weighted by molar-refractivity contribution is 5.93. The first kappa shape index (κ1) is 12.0. The monoisotopic (exact) mass is 235 g/mol. The van der Waals surface area contributed by atoms with Crippen LogP contribution in [-0.4, -0.2) is 28.5 Å². The summed E-state index contributed by atoms with van der Waals surface area (Å²) in [5.74, 6) is 0.759. The van der Waals surface area contributed by atoms with Gasteiger partial charge in [0.2, 0.25) is 0 Å². The zero-order valence-electron chi connectivity index (χ0n) is 10.8. The number of aromatic nitrogens is 1. The van der Waals surface area contributed by atoms with Crippen molar-refractivity contribution in [1.82, 2.24) is 9.47 Å². The quantitative estimate of drug-likeness (QED) is 0.867. The second-order valence-corrected chi connectivity index (χ2v) is 4.94. The number of carbonyl (C=O) groups is 1. The van der Waals surface area contributed by atoms with E-state index in [4.69, 9.17) is 5.73 Å². The van der Waals surface area contributed by atoms with Crippen LogP contribution in [0.1, 0.15) is 37.2 Å². The van der Waals surface area contributed by atoms with Gasteiger partial charge in [0, 0.05) is 25.8 Å². The second-order valence-electron chi connectivity index (χ2n) is 4.94. The Morgan fingerprint density at radius 2 is 2.29 bits per heavy atom. The molecule has 1 amide bonds. The standard InChI is InChI=1S/C13H21N3O/c1-4-16-8-11(14)7-12(16)13(17)15(3)9(2)10-5-6-10/h7-10H,4-6,14H2,1-3H3. The minimum absolute atomic E-state index is 0.0722. The van der Waals surface area contributed by atoms with Gasteiger partial charge in [0.15, 0.2) is 0 Å². The number of rotatable bonds is 4. The van der Waals surface area contributed by atoms with E-state index < -0.39 is 0 Å². The number of anilines is 1. The molecule has 0 aromatic carbocycles. The molecule has 0 radical (unpaired) electrons. The fourth-order valence-electron chi connectivity index (χ4n) is 2.23. The lowest BCUT2D eigenvalue weighted by molar-refractivity contribution is 0.0716. The van der Waals surface area contributed by atoms with Gasteiger partial charge in [0.1, 0.15) is 5.69 Å². The van der Waals surface area contributed by atoms with Crippen LogP contribution < -0.4 is 5.73 Å². The highest BCUT2D eigenvalue weighted by Gasteiger charge is 2.33. The molecule has 1 heterocycles. The van der Waals surface area contributed by atoms with Crippen LogP contribution in [0.3, 0.4) is 0 Å². The molecule has 2 N–H and O–H groups in total. The fourth-order valence-corrected chi connectivity index (χ4v) is 2.23. The molecule has 0 aliphatic heterocycles. The van der Waals surface area contributed by atoms with E-state index >= 15 is 0 Å². The predicted octanol–water partition coefficient (Wildman–Crippen LogP) is 1.96. The van der Waals surface area contributed by atoms with Gasteiger partial charge in [-0.3, -0.25) is 4.79 Å². The third kappa shape index (κ3) is 2.30. The molecule has 1 aliphatic carbocycles. The summed E-state index contributed by atoms with van der Waals surface area (Å²) in [6.45, 7) is 4.91. The fraction of sp³-hybridized carbons (Fsp3) is 0.615. The molecule has 94 valence electrons. The zero-order chi connectivity index (χ0) is 12.6. The molecule has 1 saturated carbocycles. The molecular weight excluding hydrogens is 214 g/mol. The van der Waals surface area contributed by atoms with Gasteiger partial charge in [-0.1, -0.05) is 0 Å².